The average Bonchev–Trinajstić information content (AvgIpc) is 3.36. The van der Waals surface area contributed by atoms with Crippen molar-refractivity contribution in [2.24, 2.45) is 0 Å². The van der Waals surface area contributed by atoms with Gasteiger partial charge in [0.2, 0.25) is 0 Å². The van der Waals surface area contributed by atoms with Crippen molar-refractivity contribution in [2.75, 3.05) is 13.1 Å². The van der Waals surface area contributed by atoms with Gasteiger partial charge in [-0.1, -0.05) is 11.2 Å². The van der Waals surface area contributed by atoms with E-state index in [1.165, 1.54) is 0 Å². The van der Waals surface area contributed by atoms with Gasteiger partial charge in [0.05, 0.1) is 10.9 Å². The summed E-state index contributed by atoms with van der Waals surface area (Å²) in [6.45, 7) is 1.40. The number of hydrogen-bond donors (Lipinski definition) is 0. The van der Waals surface area contributed by atoms with Gasteiger partial charge in [0.25, 0.3) is 5.91 Å². The summed E-state index contributed by atoms with van der Waals surface area (Å²) in [5.41, 5.74) is 0.370. The molecule has 0 aliphatic carbocycles. The molecule has 1 fully saturated rings. The van der Waals surface area contributed by atoms with Gasteiger partial charge in [0, 0.05) is 31.5 Å². The molecule has 1 saturated heterocycles. The SMILES string of the molecule is O=C(c1cc(-c2cccs2)on1)N1CCCC(n2cccn2)C1. The van der Waals surface area contributed by atoms with Crippen LogP contribution < -0.4 is 0 Å². The molecular weight excluding hydrogens is 312 g/mol. The summed E-state index contributed by atoms with van der Waals surface area (Å²) in [6, 6.07) is 7.76. The Hall–Kier alpha value is -2.41. The van der Waals surface area contributed by atoms with Gasteiger partial charge in [-0.15, -0.1) is 11.3 Å². The van der Waals surface area contributed by atoms with Gasteiger partial charge in [0.1, 0.15) is 0 Å². The first-order chi connectivity index (χ1) is 11.3. The molecule has 23 heavy (non-hydrogen) atoms. The normalized spacial score (nSPS) is 18.3. The van der Waals surface area contributed by atoms with Crippen LogP contribution in [0, 0.1) is 0 Å². The van der Waals surface area contributed by atoms with Gasteiger partial charge in [-0.05, 0) is 30.4 Å². The van der Waals surface area contributed by atoms with Crippen LogP contribution >= 0.6 is 11.3 Å². The molecule has 0 saturated carbocycles. The smallest absolute Gasteiger partial charge is 0.276 e. The monoisotopic (exact) mass is 328 g/mol. The van der Waals surface area contributed by atoms with Gasteiger partial charge in [-0.25, -0.2) is 0 Å². The molecule has 0 N–H and O–H groups in total. The van der Waals surface area contributed by atoms with Crippen LogP contribution in [-0.2, 0) is 0 Å². The van der Waals surface area contributed by atoms with Crippen LogP contribution in [0.25, 0.3) is 10.6 Å². The van der Waals surface area contributed by atoms with E-state index < -0.39 is 0 Å². The zero-order valence-corrected chi connectivity index (χ0v) is 13.3. The lowest BCUT2D eigenvalue weighted by Crippen LogP contribution is -2.41. The van der Waals surface area contributed by atoms with Crippen LogP contribution in [0.1, 0.15) is 29.4 Å². The Morgan fingerprint density at radius 2 is 2.35 bits per heavy atom. The van der Waals surface area contributed by atoms with Crippen molar-refractivity contribution < 1.29 is 9.32 Å². The van der Waals surface area contributed by atoms with E-state index in [1.54, 1.807) is 23.6 Å². The van der Waals surface area contributed by atoms with Crippen molar-refractivity contribution in [1.29, 1.82) is 0 Å². The molecule has 118 valence electrons. The second kappa shape index (κ2) is 6.00. The number of carbonyl (C=O) groups is 1. The maximum Gasteiger partial charge on any atom is 0.276 e. The minimum Gasteiger partial charge on any atom is -0.355 e. The van der Waals surface area contributed by atoms with E-state index >= 15 is 0 Å². The molecule has 4 heterocycles. The maximum absolute atomic E-state index is 12.7. The third kappa shape index (κ3) is 2.79. The average molecular weight is 328 g/mol. The van der Waals surface area contributed by atoms with E-state index in [-0.39, 0.29) is 11.9 Å². The van der Waals surface area contributed by atoms with E-state index in [2.05, 4.69) is 10.3 Å². The number of amides is 1. The molecule has 6 nitrogen and oxygen atoms in total. The molecule has 7 heteroatoms. The van der Waals surface area contributed by atoms with E-state index in [0.717, 1.165) is 24.3 Å². The number of thiophene rings is 1. The summed E-state index contributed by atoms with van der Waals surface area (Å²) in [5, 5.41) is 10.2. The summed E-state index contributed by atoms with van der Waals surface area (Å²) in [7, 11) is 0. The molecule has 1 atom stereocenters. The zero-order valence-electron chi connectivity index (χ0n) is 12.5. The Kier molecular flexibility index (Phi) is 3.70. The van der Waals surface area contributed by atoms with Crippen LogP contribution in [0.5, 0.6) is 0 Å². The van der Waals surface area contributed by atoms with E-state index in [9.17, 15) is 4.79 Å². The van der Waals surface area contributed by atoms with Crippen LogP contribution in [0.4, 0.5) is 0 Å². The molecule has 0 bridgehead atoms. The van der Waals surface area contributed by atoms with Gasteiger partial charge >= 0.3 is 0 Å². The maximum atomic E-state index is 12.7. The summed E-state index contributed by atoms with van der Waals surface area (Å²) in [4.78, 5) is 15.5. The molecule has 1 unspecified atom stereocenters. The number of aromatic nitrogens is 3. The Morgan fingerprint density at radius 3 is 3.13 bits per heavy atom. The molecule has 3 aromatic heterocycles. The van der Waals surface area contributed by atoms with Crippen molar-refractivity contribution >= 4 is 17.2 Å². The van der Waals surface area contributed by atoms with Crippen molar-refractivity contribution in [1.82, 2.24) is 19.8 Å². The Bertz CT molecular complexity index is 779. The molecule has 0 aromatic carbocycles. The van der Waals surface area contributed by atoms with Crippen molar-refractivity contribution in [2.45, 2.75) is 18.9 Å². The number of rotatable bonds is 3. The quantitative estimate of drug-likeness (QED) is 0.741. The molecular formula is C16H16N4O2S. The molecule has 1 aliphatic rings. The first kappa shape index (κ1) is 14.2. The first-order valence-electron chi connectivity index (χ1n) is 7.60. The van der Waals surface area contributed by atoms with Crippen molar-refractivity contribution in [3.8, 4) is 10.6 Å². The highest BCUT2D eigenvalue weighted by molar-refractivity contribution is 7.13. The Morgan fingerprint density at radius 1 is 1.39 bits per heavy atom. The summed E-state index contributed by atoms with van der Waals surface area (Å²) >= 11 is 1.57. The second-order valence-electron chi connectivity index (χ2n) is 5.59. The molecule has 4 rings (SSSR count). The van der Waals surface area contributed by atoms with Gasteiger partial charge in [-0.3, -0.25) is 9.48 Å². The minimum atomic E-state index is -0.0755. The highest BCUT2D eigenvalue weighted by Crippen LogP contribution is 2.27. The van der Waals surface area contributed by atoms with Crippen LogP contribution in [0.2, 0.25) is 0 Å². The predicted octanol–water partition coefficient (Wildman–Crippen LogP) is 3.08. The highest BCUT2D eigenvalue weighted by atomic mass is 32.1. The fourth-order valence-electron chi connectivity index (χ4n) is 2.92. The minimum absolute atomic E-state index is 0.0755. The fourth-order valence-corrected chi connectivity index (χ4v) is 3.60. The summed E-state index contributed by atoms with van der Waals surface area (Å²) < 4.78 is 7.25. The topological polar surface area (TPSA) is 64.2 Å². The van der Waals surface area contributed by atoms with E-state index in [4.69, 9.17) is 4.52 Å². The van der Waals surface area contributed by atoms with E-state index in [0.29, 0.717) is 18.0 Å². The lowest BCUT2D eigenvalue weighted by Gasteiger charge is -2.32. The third-order valence-corrected chi connectivity index (χ3v) is 4.96. The third-order valence-electron chi connectivity index (χ3n) is 4.08. The lowest BCUT2D eigenvalue weighted by atomic mass is 10.1. The molecule has 3 aromatic rings. The fraction of sp³-hybridized carbons (Fsp3) is 0.312. The second-order valence-corrected chi connectivity index (χ2v) is 6.53. The van der Waals surface area contributed by atoms with E-state index in [1.807, 2.05) is 39.4 Å². The highest BCUT2D eigenvalue weighted by Gasteiger charge is 2.27. The first-order valence-corrected chi connectivity index (χ1v) is 8.48. The molecule has 0 radical (unpaired) electrons. The van der Waals surface area contributed by atoms with Crippen molar-refractivity contribution in [3.05, 3.63) is 47.7 Å². The Labute approximate surface area is 137 Å². The number of nitrogens with zero attached hydrogens (tertiary/aromatic N) is 4. The molecule has 0 spiro atoms. The predicted molar refractivity (Wildman–Crippen MR) is 86.2 cm³/mol. The summed E-state index contributed by atoms with van der Waals surface area (Å²) in [5.74, 6) is 0.567. The molecule has 1 amide bonds. The number of likely N-dealkylation sites (tertiary alicyclic amines) is 1. The molecule has 1 aliphatic heterocycles. The van der Waals surface area contributed by atoms with Gasteiger partial charge in [-0.2, -0.15) is 5.10 Å². The number of hydrogen-bond acceptors (Lipinski definition) is 5. The van der Waals surface area contributed by atoms with Crippen LogP contribution in [0.15, 0.2) is 46.6 Å². The van der Waals surface area contributed by atoms with Crippen molar-refractivity contribution in [3.63, 3.8) is 0 Å². The lowest BCUT2D eigenvalue weighted by molar-refractivity contribution is 0.0662. The van der Waals surface area contributed by atoms with Gasteiger partial charge in [0.15, 0.2) is 11.5 Å². The standard InChI is InChI=1S/C16H16N4O2S/c21-16(13-10-14(22-18-13)15-5-2-9-23-15)19-7-1-4-12(11-19)20-8-3-6-17-20/h2-3,5-6,8-10,12H,1,4,7,11H2. The van der Waals surface area contributed by atoms with Gasteiger partial charge < -0.3 is 9.42 Å². The largest absolute Gasteiger partial charge is 0.355 e. The summed E-state index contributed by atoms with van der Waals surface area (Å²) in [6.07, 6.45) is 5.71. The van der Waals surface area contributed by atoms with Crippen LogP contribution in [-0.4, -0.2) is 38.8 Å². The van der Waals surface area contributed by atoms with Crippen LogP contribution in [0.3, 0.4) is 0 Å². The number of piperidine rings is 1. The Balaban J connectivity index is 1.50. The zero-order chi connectivity index (χ0) is 15.6. The number of carbonyl (C=O) groups excluding carboxylic acids is 1.